The van der Waals surface area contributed by atoms with Crippen LogP contribution in [0.4, 0.5) is 0 Å². The van der Waals surface area contributed by atoms with Crippen molar-refractivity contribution in [2.45, 2.75) is 225 Å². The molecule has 0 amide bonds. The van der Waals surface area contributed by atoms with Gasteiger partial charge in [-0.05, 0) is 89.9 Å². The first-order chi connectivity index (χ1) is 33.0. The van der Waals surface area contributed by atoms with Crippen molar-refractivity contribution in [3.05, 3.63) is 85.1 Å². The number of likely N-dealkylation sites (N-methyl/N-ethyl adjacent to an activating group) is 1. The molecule has 0 N–H and O–H groups in total. The molecular formula is C58H102NO8P. The Hall–Kier alpha value is -2.81. The number of carbonyl (C=O) groups is 2. The number of esters is 2. The van der Waals surface area contributed by atoms with E-state index < -0.39 is 32.5 Å². The van der Waals surface area contributed by atoms with E-state index in [2.05, 4.69) is 98.9 Å². The molecule has 0 radical (unpaired) electrons. The summed E-state index contributed by atoms with van der Waals surface area (Å²) in [6.45, 7) is 4.08. The number of carbonyl (C=O) groups excluding carboxylic acids is 2. The molecule has 0 aromatic heterocycles. The smallest absolute Gasteiger partial charge is 0.306 e. The second-order valence-electron chi connectivity index (χ2n) is 19.2. The van der Waals surface area contributed by atoms with Crippen molar-refractivity contribution < 1.29 is 42.1 Å². The highest BCUT2D eigenvalue weighted by Gasteiger charge is 2.21. The summed E-state index contributed by atoms with van der Waals surface area (Å²) >= 11 is 0. The quantitative estimate of drug-likeness (QED) is 0.0195. The van der Waals surface area contributed by atoms with Gasteiger partial charge < -0.3 is 27.9 Å². The molecule has 68 heavy (non-hydrogen) atoms. The van der Waals surface area contributed by atoms with Crippen LogP contribution in [-0.2, 0) is 32.7 Å². The molecule has 10 heteroatoms. The molecule has 2 atom stereocenters. The number of hydrogen-bond donors (Lipinski definition) is 0. The molecule has 0 fully saturated rings. The van der Waals surface area contributed by atoms with E-state index in [0.717, 1.165) is 89.9 Å². The summed E-state index contributed by atoms with van der Waals surface area (Å²) in [5.74, 6) is -0.853. The third kappa shape index (κ3) is 52.6. The summed E-state index contributed by atoms with van der Waals surface area (Å²) in [7, 11) is 1.15. The van der Waals surface area contributed by atoms with Crippen LogP contribution in [-0.4, -0.2) is 70.0 Å². The first-order valence-electron chi connectivity index (χ1n) is 27.3. The van der Waals surface area contributed by atoms with Gasteiger partial charge in [0.2, 0.25) is 0 Å². The van der Waals surface area contributed by atoms with Gasteiger partial charge in [-0.15, -0.1) is 0 Å². The van der Waals surface area contributed by atoms with Gasteiger partial charge in [-0.3, -0.25) is 14.2 Å². The number of phosphoric ester groups is 1. The number of ether oxygens (including phenoxy) is 2. The first kappa shape index (κ1) is 65.2. The Balaban J connectivity index is 4.17. The second kappa shape index (κ2) is 49.2. The van der Waals surface area contributed by atoms with E-state index in [1.165, 1.54) is 89.9 Å². The van der Waals surface area contributed by atoms with E-state index >= 15 is 0 Å². The molecule has 9 nitrogen and oxygen atoms in total. The van der Waals surface area contributed by atoms with Crippen LogP contribution in [0.15, 0.2) is 85.1 Å². The highest BCUT2D eigenvalue weighted by Crippen LogP contribution is 2.38. The van der Waals surface area contributed by atoms with Crippen molar-refractivity contribution in [1.82, 2.24) is 0 Å². The molecule has 0 bridgehead atoms. The van der Waals surface area contributed by atoms with E-state index in [1.807, 2.05) is 21.1 Å². The monoisotopic (exact) mass is 972 g/mol. The lowest BCUT2D eigenvalue weighted by molar-refractivity contribution is -0.870. The molecule has 0 spiro atoms. The predicted octanol–water partition coefficient (Wildman–Crippen LogP) is 16.1. The molecule has 0 aliphatic rings. The largest absolute Gasteiger partial charge is 0.756 e. The van der Waals surface area contributed by atoms with Crippen LogP contribution in [0, 0.1) is 0 Å². The van der Waals surface area contributed by atoms with Crippen molar-refractivity contribution in [3.8, 4) is 0 Å². The fraction of sp³-hybridized carbons (Fsp3) is 0.724. The van der Waals surface area contributed by atoms with E-state index in [4.69, 9.17) is 18.5 Å². The maximum absolute atomic E-state index is 12.8. The van der Waals surface area contributed by atoms with Gasteiger partial charge in [-0.2, -0.15) is 0 Å². The van der Waals surface area contributed by atoms with E-state index in [0.29, 0.717) is 23.9 Å². The minimum absolute atomic E-state index is 0.0365. The molecule has 0 aliphatic carbocycles. The summed E-state index contributed by atoms with van der Waals surface area (Å²) in [5, 5.41) is 0. The minimum Gasteiger partial charge on any atom is -0.756 e. The fourth-order valence-electron chi connectivity index (χ4n) is 7.18. The third-order valence-electron chi connectivity index (χ3n) is 11.4. The van der Waals surface area contributed by atoms with Crippen LogP contribution in [0.3, 0.4) is 0 Å². The minimum atomic E-state index is -4.64. The maximum atomic E-state index is 12.8. The highest BCUT2D eigenvalue weighted by atomic mass is 31.2. The molecule has 0 aromatic carbocycles. The van der Waals surface area contributed by atoms with Crippen molar-refractivity contribution >= 4 is 19.8 Å². The number of quaternary nitrogens is 1. The van der Waals surface area contributed by atoms with Crippen LogP contribution in [0.1, 0.15) is 219 Å². The van der Waals surface area contributed by atoms with Crippen molar-refractivity contribution in [1.29, 1.82) is 0 Å². The van der Waals surface area contributed by atoms with Gasteiger partial charge in [-0.1, -0.05) is 202 Å². The molecule has 0 saturated heterocycles. The lowest BCUT2D eigenvalue weighted by atomic mass is 10.0. The number of unbranched alkanes of at least 4 members (excludes halogenated alkanes) is 21. The Morgan fingerprint density at radius 1 is 0.471 bits per heavy atom. The van der Waals surface area contributed by atoms with Crippen LogP contribution < -0.4 is 4.89 Å². The number of nitrogens with zero attached hydrogens (tertiary/aromatic N) is 1. The average Bonchev–Trinajstić information content (AvgIpc) is 3.30. The zero-order chi connectivity index (χ0) is 49.9. The topological polar surface area (TPSA) is 111 Å². The molecule has 0 rings (SSSR count). The highest BCUT2D eigenvalue weighted by molar-refractivity contribution is 7.45. The average molecular weight is 972 g/mol. The zero-order valence-electron chi connectivity index (χ0n) is 44.3. The molecule has 392 valence electrons. The molecule has 0 aromatic rings. The lowest BCUT2D eigenvalue weighted by Gasteiger charge is -2.28. The summed E-state index contributed by atoms with van der Waals surface area (Å²) in [6.07, 6.45) is 64.8. The van der Waals surface area contributed by atoms with Gasteiger partial charge in [0.05, 0.1) is 27.7 Å². The Bertz CT molecular complexity index is 1420. The molecule has 0 heterocycles. The number of phosphoric acid groups is 1. The van der Waals surface area contributed by atoms with Gasteiger partial charge in [0.1, 0.15) is 19.8 Å². The van der Waals surface area contributed by atoms with Gasteiger partial charge in [0.15, 0.2) is 6.10 Å². The Kier molecular flexibility index (Phi) is 47.2. The SMILES string of the molecule is CC/C=C\C/C=C\C/C=C\C/C=C\C/C=C\CCCCCCCCCCCCCCCC(=O)OC(COC(=O)CCCCCCC/C=C\C/C=C\CCCCC)COP(=O)([O-])OCC[N+](C)(C)C. The van der Waals surface area contributed by atoms with Crippen LogP contribution >= 0.6 is 7.82 Å². The van der Waals surface area contributed by atoms with Gasteiger partial charge in [0, 0.05) is 12.8 Å². The molecular weight excluding hydrogens is 870 g/mol. The summed E-state index contributed by atoms with van der Waals surface area (Å²) in [4.78, 5) is 37.8. The standard InChI is InChI=1S/C58H102NO8P/c1-6-8-10-12-14-16-18-20-22-23-24-25-26-27-28-29-30-31-32-33-34-35-37-39-41-43-45-47-49-51-58(61)67-56(55-66-68(62,63)65-53-52-59(3,4)5)54-64-57(60)50-48-46-44-42-40-38-36-21-19-17-15-13-11-9-7-2/h8,10,14-17,20-22,24-25,27-28,36,56H,6-7,9,11-13,18-19,23,26,29-35,37-55H2,1-5H3/b10-8-,16-14-,17-15-,22-20-,25-24-,28-27-,36-21-. The van der Waals surface area contributed by atoms with Crippen LogP contribution in [0.2, 0.25) is 0 Å². The predicted molar refractivity (Wildman–Crippen MR) is 286 cm³/mol. The number of rotatable bonds is 49. The molecule has 0 saturated carbocycles. The summed E-state index contributed by atoms with van der Waals surface area (Å²) < 4.78 is 34.1. The zero-order valence-corrected chi connectivity index (χ0v) is 45.2. The second-order valence-corrected chi connectivity index (χ2v) is 20.6. The molecule has 2 unspecified atom stereocenters. The molecule has 0 aliphatic heterocycles. The Morgan fingerprint density at radius 2 is 0.838 bits per heavy atom. The summed E-state index contributed by atoms with van der Waals surface area (Å²) in [6, 6.07) is 0. The lowest BCUT2D eigenvalue weighted by Crippen LogP contribution is -2.37. The maximum Gasteiger partial charge on any atom is 0.306 e. The first-order valence-corrected chi connectivity index (χ1v) is 28.8. The van der Waals surface area contributed by atoms with Gasteiger partial charge >= 0.3 is 11.9 Å². The van der Waals surface area contributed by atoms with E-state index in [1.54, 1.807) is 0 Å². The van der Waals surface area contributed by atoms with Crippen molar-refractivity contribution in [2.24, 2.45) is 0 Å². The van der Waals surface area contributed by atoms with Crippen LogP contribution in [0.25, 0.3) is 0 Å². The van der Waals surface area contributed by atoms with Crippen molar-refractivity contribution in [2.75, 3.05) is 47.5 Å². The van der Waals surface area contributed by atoms with Gasteiger partial charge in [-0.25, -0.2) is 0 Å². The van der Waals surface area contributed by atoms with E-state index in [-0.39, 0.29) is 26.1 Å². The van der Waals surface area contributed by atoms with Gasteiger partial charge in [0.25, 0.3) is 7.82 Å². The van der Waals surface area contributed by atoms with E-state index in [9.17, 15) is 19.0 Å². The Labute approximate surface area is 418 Å². The number of hydrogen-bond acceptors (Lipinski definition) is 8. The van der Waals surface area contributed by atoms with Crippen molar-refractivity contribution in [3.63, 3.8) is 0 Å². The fourth-order valence-corrected chi connectivity index (χ4v) is 7.91. The van der Waals surface area contributed by atoms with Crippen LogP contribution in [0.5, 0.6) is 0 Å². The number of allylic oxidation sites excluding steroid dienone is 14. The third-order valence-corrected chi connectivity index (χ3v) is 12.4. The normalized spacial score (nSPS) is 14.0. The summed E-state index contributed by atoms with van der Waals surface area (Å²) in [5.41, 5.74) is 0. The Morgan fingerprint density at radius 3 is 1.25 bits per heavy atom.